The summed E-state index contributed by atoms with van der Waals surface area (Å²) in [6.07, 6.45) is 2.80. The van der Waals surface area contributed by atoms with E-state index in [1.165, 1.54) is 12.4 Å². The topological polar surface area (TPSA) is 59.4 Å². The maximum atomic E-state index is 11.2. The molecule has 20 heavy (non-hydrogen) atoms. The van der Waals surface area contributed by atoms with E-state index in [9.17, 15) is 4.79 Å². The second-order valence-electron chi connectivity index (χ2n) is 5.53. The van der Waals surface area contributed by atoms with E-state index < -0.39 is 5.97 Å². The summed E-state index contributed by atoms with van der Waals surface area (Å²) in [5, 5.41) is 9.15. The second kappa shape index (κ2) is 5.33. The van der Waals surface area contributed by atoms with Crippen molar-refractivity contribution in [2.45, 2.75) is 26.2 Å². The lowest BCUT2D eigenvalue weighted by atomic mass is 9.86. The number of carboxylic acid groups (broad SMARTS) is 1. The zero-order chi connectivity index (χ0) is 14.8. The molecule has 2 rings (SSSR count). The smallest absolute Gasteiger partial charge is 0.341 e. The van der Waals surface area contributed by atoms with E-state index in [-0.39, 0.29) is 11.0 Å². The minimum absolute atomic E-state index is 0.0520. The minimum Gasteiger partial charge on any atom is -0.477 e. The Bertz CT molecular complexity index is 630. The average molecular weight is 271 g/mol. The van der Waals surface area contributed by atoms with Crippen LogP contribution in [0.15, 0.2) is 42.7 Å². The summed E-state index contributed by atoms with van der Waals surface area (Å²) in [5.41, 5.74) is 0.983. The van der Waals surface area contributed by atoms with Crippen molar-refractivity contribution in [2.75, 3.05) is 0 Å². The molecule has 2 aromatic rings. The predicted molar refractivity (Wildman–Crippen MR) is 76.4 cm³/mol. The number of carbonyl (C=O) groups is 1. The Morgan fingerprint density at radius 1 is 1.15 bits per heavy atom. The zero-order valence-electron chi connectivity index (χ0n) is 11.8. The molecule has 0 radical (unpaired) electrons. The largest absolute Gasteiger partial charge is 0.477 e. The lowest BCUT2D eigenvalue weighted by Crippen LogP contribution is -2.12. The summed E-state index contributed by atoms with van der Waals surface area (Å²) in [7, 11) is 0. The number of hydrogen-bond donors (Lipinski definition) is 1. The van der Waals surface area contributed by atoms with Crippen LogP contribution in [-0.4, -0.2) is 16.1 Å². The third-order valence-electron chi connectivity index (χ3n) is 2.93. The Balaban J connectivity index is 2.44. The highest BCUT2D eigenvalue weighted by molar-refractivity contribution is 5.90. The summed E-state index contributed by atoms with van der Waals surface area (Å²) in [4.78, 5) is 15.0. The van der Waals surface area contributed by atoms with E-state index in [2.05, 4.69) is 25.8 Å². The van der Waals surface area contributed by atoms with Gasteiger partial charge in [0.15, 0.2) is 0 Å². The Morgan fingerprint density at radius 3 is 2.50 bits per heavy atom. The number of carboxylic acids is 1. The molecule has 104 valence electrons. The van der Waals surface area contributed by atoms with E-state index >= 15 is 0 Å². The molecule has 1 aromatic carbocycles. The molecule has 1 N–H and O–H groups in total. The summed E-state index contributed by atoms with van der Waals surface area (Å²) < 4.78 is 5.81. The van der Waals surface area contributed by atoms with Gasteiger partial charge in [0.25, 0.3) is 0 Å². The molecule has 0 aliphatic rings. The highest BCUT2D eigenvalue weighted by Gasteiger charge is 2.20. The van der Waals surface area contributed by atoms with Gasteiger partial charge in [-0.05, 0) is 11.5 Å². The van der Waals surface area contributed by atoms with Crippen molar-refractivity contribution in [2.24, 2.45) is 0 Å². The number of para-hydroxylation sites is 1. The molecule has 0 spiro atoms. The van der Waals surface area contributed by atoms with Gasteiger partial charge in [-0.1, -0.05) is 39.0 Å². The van der Waals surface area contributed by atoms with E-state index in [0.717, 1.165) is 5.56 Å². The Labute approximate surface area is 118 Å². The number of ether oxygens (including phenoxy) is 1. The molecule has 0 amide bonds. The first kappa shape index (κ1) is 14.1. The van der Waals surface area contributed by atoms with E-state index in [0.29, 0.717) is 11.5 Å². The van der Waals surface area contributed by atoms with Crippen LogP contribution in [0, 0.1) is 0 Å². The second-order valence-corrected chi connectivity index (χ2v) is 5.53. The number of rotatable bonds is 3. The number of pyridine rings is 1. The molecular formula is C16H17NO3. The third kappa shape index (κ3) is 2.96. The van der Waals surface area contributed by atoms with E-state index in [1.54, 1.807) is 6.07 Å². The van der Waals surface area contributed by atoms with Crippen LogP contribution in [0.5, 0.6) is 11.5 Å². The van der Waals surface area contributed by atoms with Crippen LogP contribution >= 0.6 is 0 Å². The maximum Gasteiger partial charge on any atom is 0.341 e. The van der Waals surface area contributed by atoms with Gasteiger partial charge in [-0.2, -0.15) is 0 Å². The summed E-state index contributed by atoms with van der Waals surface area (Å²) in [5.74, 6) is -0.0979. The fraction of sp³-hybridized carbons (Fsp3) is 0.250. The number of hydrogen-bond acceptors (Lipinski definition) is 3. The van der Waals surface area contributed by atoms with Crippen molar-refractivity contribution in [3.05, 3.63) is 53.9 Å². The van der Waals surface area contributed by atoms with Crippen molar-refractivity contribution in [3.63, 3.8) is 0 Å². The first-order chi connectivity index (χ1) is 9.39. The Morgan fingerprint density at radius 2 is 1.85 bits per heavy atom. The van der Waals surface area contributed by atoms with Gasteiger partial charge in [0.05, 0.1) is 0 Å². The maximum absolute atomic E-state index is 11.2. The van der Waals surface area contributed by atoms with Crippen LogP contribution in [0.25, 0.3) is 0 Å². The van der Waals surface area contributed by atoms with E-state index in [4.69, 9.17) is 9.84 Å². The molecular weight excluding hydrogens is 254 g/mol. The first-order valence-electron chi connectivity index (χ1n) is 6.34. The normalized spacial score (nSPS) is 11.2. The summed E-state index contributed by atoms with van der Waals surface area (Å²) in [6.45, 7) is 6.25. The number of benzene rings is 1. The number of nitrogens with zero attached hydrogens (tertiary/aromatic N) is 1. The Hall–Kier alpha value is -2.36. The van der Waals surface area contributed by atoms with Crippen LogP contribution in [0.4, 0.5) is 0 Å². The van der Waals surface area contributed by atoms with Crippen molar-refractivity contribution < 1.29 is 14.6 Å². The van der Waals surface area contributed by atoms with Crippen molar-refractivity contribution in [1.82, 2.24) is 4.98 Å². The quantitative estimate of drug-likeness (QED) is 0.920. The van der Waals surface area contributed by atoms with E-state index in [1.807, 2.05) is 24.3 Å². The molecule has 0 aliphatic carbocycles. The third-order valence-corrected chi connectivity index (χ3v) is 2.93. The fourth-order valence-electron chi connectivity index (χ4n) is 1.93. The molecule has 0 aliphatic heterocycles. The van der Waals surface area contributed by atoms with Gasteiger partial charge >= 0.3 is 5.97 Å². The number of aromatic carboxylic acids is 1. The average Bonchev–Trinajstić information content (AvgIpc) is 2.38. The van der Waals surface area contributed by atoms with Crippen molar-refractivity contribution >= 4 is 5.97 Å². The lowest BCUT2D eigenvalue weighted by Gasteiger charge is -2.22. The molecule has 0 saturated heterocycles. The molecule has 0 bridgehead atoms. The van der Waals surface area contributed by atoms with Crippen LogP contribution in [0.2, 0.25) is 0 Å². The van der Waals surface area contributed by atoms with Gasteiger partial charge in [0.2, 0.25) is 0 Å². The van der Waals surface area contributed by atoms with Gasteiger partial charge in [-0.3, -0.25) is 4.98 Å². The summed E-state index contributed by atoms with van der Waals surface area (Å²) in [6, 6.07) is 9.19. The van der Waals surface area contributed by atoms with Gasteiger partial charge in [0.1, 0.15) is 17.1 Å². The lowest BCUT2D eigenvalue weighted by molar-refractivity contribution is 0.0693. The van der Waals surface area contributed by atoms with Crippen molar-refractivity contribution in [3.8, 4) is 11.5 Å². The molecule has 1 aromatic heterocycles. The molecule has 0 saturated carbocycles. The molecule has 0 unspecified atom stereocenters. The van der Waals surface area contributed by atoms with Gasteiger partial charge in [0, 0.05) is 24.0 Å². The highest BCUT2D eigenvalue weighted by Crippen LogP contribution is 2.34. The number of aromatic nitrogens is 1. The van der Waals surface area contributed by atoms with Gasteiger partial charge in [-0.15, -0.1) is 0 Å². The van der Waals surface area contributed by atoms with Crippen LogP contribution in [0.3, 0.4) is 0 Å². The molecule has 4 heteroatoms. The van der Waals surface area contributed by atoms with Crippen molar-refractivity contribution in [1.29, 1.82) is 0 Å². The minimum atomic E-state index is -1.05. The van der Waals surface area contributed by atoms with Crippen LogP contribution in [-0.2, 0) is 5.41 Å². The standard InChI is InChI=1S/C16H17NO3/c1-16(2,3)12-6-4-5-7-14(12)20-13-8-9-17-10-11(13)15(18)19/h4-10H,1-3H3,(H,18,19). The zero-order valence-corrected chi connectivity index (χ0v) is 11.8. The SMILES string of the molecule is CC(C)(C)c1ccccc1Oc1ccncc1C(=O)O. The molecule has 1 heterocycles. The first-order valence-corrected chi connectivity index (χ1v) is 6.34. The fourth-order valence-corrected chi connectivity index (χ4v) is 1.93. The molecule has 4 nitrogen and oxygen atoms in total. The van der Waals surface area contributed by atoms with Gasteiger partial charge < -0.3 is 9.84 Å². The Kier molecular flexibility index (Phi) is 3.74. The monoisotopic (exact) mass is 271 g/mol. The molecule has 0 atom stereocenters. The van der Waals surface area contributed by atoms with Crippen LogP contribution in [0.1, 0.15) is 36.7 Å². The summed E-state index contributed by atoms with van der Waals surface area (Å²) >= 11 is 0. The molecule has 0 fully saturated rings. The van der Waals surface area contributed by atoms with Crippen LogP contribution < -0.4 is 4.74 Å². The van der Waals surface area contributed by atoms with Gasteiger partial charge in [-0.25, -0.2) is 4.79 Å². The highest BCUT2D eigenvalue weighted by atomic mass is 16.5. The predicted octanol–water partition coefficient (Wildman–Crippen LogP) is 3.87.